The van der Waals surface area contributed by atoms with Gasteiger partial charge in [0.25, 0.3) is 0 Å². The van der Waals surface area contributed by atoms with Crippen molar-refractivity contribution in [2.75, 3.05) is 0 Å². The van der Waals surface area contributed by atoms with E-state index in [2.05, 4.69) is 0 Å². The Morgan fingerprint density at radius 1 is 1.00 bits per heavy atom. The smallest absolute Gasteiger partial charge is 0.0833 e. The normalized spacial score (nSPS) is 12.5. The topological polar surface area (TPSA) is 20.2 Å². The van der Waals surface area contributed by atoms with Crippen LogP contribution in [0.25, 0.3) is 0 Å². The molecule has 100 valence electrons. The molecular formula is C15H13Cl3O. The summed E-state index contributed by atoms with van der Waals surface area (Å²) in [7, 11) is 0. The molecule has 1 nitrogen and oxygen atoms in total. The fourth-order valence-electron chi connectivity index (χ4n) is 1.98. The zero-order valence-corrected chi connectivity index (χ0v) is 12.6. The van der Waals surface area contributed by atoms with Crippen LogP contribution >= 0.6 is 34.8 Å². The minimum absolute atomic E-state index is 0.428. The number of hydrogen-bond acceptors (Lipinski definition) is 1. The Bertz CT molecular complexity index is 596. The van der Waals surface area contributed by atoms with Crippen LogP contribution < -0.4 is 0 Å². The molecular weight excluding hydrogens is 303 g/mol. The minimum atomic E-state index is -0.641. The van der Waals surface area contributed by atoms with Gasteiger partial charge in [-0.3, -0.25) is 0 Å². The number of rotatable bonds is 3. The molecule has 0 heterocycles. The Hall–Kier alpha value is -0.730. The van der Waals surface area contributed by atoms with E-state index in [0.717, 1.165) is 16.7 Å². The maximum Gasteiger partial charge on any atom is 0.0833 e. The molecule has 0 aromatic heterocycles. The van der Waals surface area contributed by atoms with E-state index in [-0.39, 0.29) is 0 Å². The van der Waals surface area contributed by atoms with Crippen molar-refractivity contribution in [1.29, 1.82) is 0 Å². The van der Waals surface area contributed by atoms with Crippen molar-refractivity contribution in [1.82, 2.24) is 0 Å². The number of benzene rings is 2. The molecule has 0 radical (unpaired) electrons. The fraction of sp³-hybridized carbons (Fsp3) is 0.200. The minimum Gasteiger partial charge on any atom is -0.388 e. The van der Waals surface area contributed by atoms with E-state index in [1.54, 1.807) is 18.2 Å². The third-order valence-corrected chi connectivity index (χ3v) is 3.85. The molecule has 1 unspecified atom stereocenters. The van der Waals surface area contributed by atoms with Gasteiger partial charge in [-0.2, -0.15) is 0 Å². The van der Waals surface area contributed by atoms with Crippen molar-refractivity contribution in [2.24, 2.45) is 0 Å². The Balaban J connectivity index is 2.25. The molecule has 2 rings (SSSR count). The van der Waals surface area contributed by atoms with Crippen LogP contribution in [0.5, 0.6) is 0 Å². The fourth-order valence-corrected chi connectivity index (χ4v) is 2.64. The van der Waals surface area contributed by atoms with Crippen molar-refractivity contribution in [2.45, 2.75) is 19.4 Å². The molecule has 2 aromatic rings. The predicted molar refractivity (Wildman–Crippen MR) is 81.3 cm³/mol. The maximum atomic E-state index is 10.3. The van der Waals surface area contributed by atoms with Gasteiger partial charge < -0.3 is 5.11 Å². The molecule has 0 aliphatic rings. The van der Waals surface area contributed by atoms with E-state index in [1.165, 1.54) is 0 Å². The zero-order valence-electron chi connectivity index (χ0n) is 10.3. The van der Waals surface area contributed by atoms with Crippen LogP contribution in [0.2, 0.25) is 15.1 Å². The molecule has 0 fully saturated rings. The summed E-state index contributed by atoms with van der Waals surface area (Å²) >= 11 is 17.9. The second-order valence-corrected chi connectivity index (χ2v) is 5.74. The van der Waals surface area contributed by atoms with Crippen molar-refractivity contribution in [3.05, 3.63) is 68.2 Å². The van der Waals surface area contributed by atoms with Gasteiger partial charge in [0.05, 0.1) is 6.10 Å². The number of aliphatic hydroxyl groups is 1. The third kappa shape index (κ3) is 3.64. The Morgan fingerprint density at radius 2 is 1.63 bits per heavy atom. The van der Waals surface area contributed by atoms with Crippen LogP contribution in [-0.4, -0.2) is 5.11 Å². The van der Waals surface area contributed by atoms with Crippen LogP contribution in [0.4, 0.5) is 0 Å². The van der Waals surface area contributed by atoms with Crippen LogP contribution in [0.3, 0.4) is 0 Å². The van der Waals surface area contributed by atoms with Crippen molar-refractivity contribution >= 4 is 34.8 Å². The zero-order chi connectivity index (χ0) is 14.0. The summed E-state index contributed by atoms with van der Waals surface area (Å²) in [6.45, 7) is 1.94. The summed E-state index contributed by atoms with van der Waals surface area (Å²) < 4.78 is 0. The van der Waals surface area contributed by atoms with Crippen molar-refractivity contribution < 1.29 is 5.11 Å². The molecule has 0 saturated carbocycles. The quantitative estimate of drug-likeness (QED) is 0.822. The highest BCUT2D eigenvalue weighted by Gasteiger charge is 2.13. The molecule has 1 N–H and O–H groups in total. The van der Waals surface area contributed by atoms with Gasteiger partial charge in [0.15, 0.2) is 0 Å². The van der Waals surface area contributed by atoms with E-state index in [0.29, 0.717) is 21.5 Å². The summed E-state index contributed by atoms with van der Waals surface area (Å²) in [5.41, 5.74) is 2.68. The summed E-state index contributed by atoms with van der Waals surface area (Å²) in [4.78, 5) is 0. The number of halogens is 3. The largest absolute Gasteiger partial charge is 0.388 e. The molecule has 2 aromatic carbocycles. The van der Waals surface area contributed by atoms with Crippen molar-refractivity contribution in [3.63, 3.8) is 0 Å². The highest BCUT2D eigenvalue weighted by atomic mass is 35.5. The highest BCUT2D eigenvalue weighted by molar-refractivity contribution is 6.35. The van der Waals surface area contributed by atoms with Gasteiger partial charge in [-0.1, -0.05) is 46.9 Å². The molecule has 0 saturated heterocycles. The van der Waals surface area contributed by atoms with Gasteiger partial charge in [0.2, 0.25) is 0 Å². The third-order valence-electron chi connectivity index (χ3n) is 3.03. The lowest BCUT2D eigenvalue weighted by atomic mass is 9.98. The molecule has 1 atom stereocenters. The Morgan fingerprint density at radius 3 is 2.32 bits per heavy atom. The lowest BCUT2D eigenvalue weighted by molar-refractivity contribution is 0.178. The second-order valence-electron chi connectivity index (χ2n) is 4.46. The number of aryl methyl sites for hydroxylation is 1. The summed E-state index contributed by atoms with van der Waals surface area (Å²) in [5, 5.41) is 12.1. The maximum absolute atomic E-state index is 10.3. The van der Waals surface area contributed by atoms with Crippen LogP contribution in [0.1, 0.15) is 22.8 Å². The predicted octanol–water partition coefficient (Wildman–Crippen LogP) is 5.23. The first-order valence-corrected chi connectivity index (χ1v) is 6.99. The van der Waals surface area contributed by atoms with E-state index >= 15 is 0 Å². The molecule has 4 heteroatoms. The Kier molecular flexibility index (Phi) is 4.75. The van der Waals surface area contributed by atoms with Gasteiger partial charge in [-0.15, -0.1) is 0 Å². The van der Waals surface area contributed by atoms with E-state index < -0.39 is 6.10 Å². The van der Waals surface area contributed by atoms with E-state index in [4.69, 9.17) is 34.8 Å². The average molecular weight is 316 g/mol. The number of aliphatic hydroxyl groups excluding tert-OH is 1. The standard InChI is InChI=1S/C15H13Cl3O/c1-9-2-4-11(16)7-13(9)15(19)6-10-3-5-12(17)8-14(10)18/h2-5,7-8,15,19H,6H2,1H3. The monoisotopic (exact) mass is 314 g/mol. The van der Waals surface area contributed by atoms with E-state index in [1.807, 2.05) is 25.1 Å². The number of hydrogen-bond donors (Lipinski definition) is 1. The first kappa shape index (κ1) is 14.7. The van der Waals surface area contributed by atoms with Crippen LogP contribution in [0, 0.1) is 6.92 Å². The SMILES string of the molecule is Cc1ccc(Cl)cc1C(O)Cc1ccc(Cl)cc1Cl. The van der Waals surface area contributed by atoms with Gasteiger partial charge >= 0.3 is 0 Å². The molecule has 0 spiro atoms. The van der Waals surface area contributed by atoms with Gasteiger partial charge in [-0.25, -0.2) is 0 Å². The van der Waals surface area contributed by atoms with Crippen molar-refractivity contribution in [3.8, 4) is 0 Å². The van der Waals surface area contributed by atoms with Gasteiger partial charge in [0, 0.05) is 21.5 Å². The summed E-state index contributed by atoms with van der Waals surface area (Å²) in [6.07, 6.45) is -0.214. The second kappa shape index (κ2) is 6.15. The summed E-state index contributed by atoms with van der Waals surface area (Å²) in [6, 6.07) is 10.8. The first-order valence-electron chi connectivity index (χ1n) is 5.85. The molecule has 0 amide bonds. The van der Waals surface area contributed by atoms with Crippen LogP contribution in [-0.2, 0) is 6.42 Å². The first-order chi connectivity index (χ1) is 8.97. The Labute approximate surface area is 127 Å². The summed E-state index contributed by atoms with van der Waals surface area (Å²) in [5.74, 6) is 0. The molecule has 0 aliphatic carbocycles. The van der Waals surface area contributed by atoms with Gasteiger partial charge in [0.1, 0.15) is 0 Å². The molecule has 0 bridgehead atoms. The lowest BCUT2D eigenvalue weighted by Gasteiger charge is -2.15. The average Bonchev–Trinajstić information content (AvgIpc) is 2.35. The van der Waals surface area contributed by atoms with Gasteiger partial charge in [-0.05, 0) is 47.9 Å². The molecule has 19 heavy (non-hydrogen) atoms. The highest BCUT2D eigenvalue weighted by Crippen LogP contribution is 2.28. The van der Waals surface area contributed by atoms with Crippen LogP contribution in [0.15, 0.2) is 36.4 Å². The van der Waals surface area contributed by atoms with E-state index in [9.17, 15) is 5.11 Å². The lowest BCUT2D eigenvalue weighted by Crippen LogP contribution is -2.04. The molecule has 0 aliphatic heterocycles.